The van der Waals surface area contributed by atoms with E-state index in [1.807, 2.05) is 30.3 Å². The van der Waals surface area contributed by atoms with E-state index in [9.17, 15) is 18.4 Å². The van der Waals surface area contributed by atoms with E-state index in [1.165, 1.54) is 28.9 Å². The number of nitrogens with zero attached hydrogens (tertiary/aromatic N) is 2. The minimum Gasteiger partial charge on any atom is -0.452 e. The largest absolute Gasteiger partial charge is 0.452 e. The summed E-state index contributed by atoms with van der Waals surface area (Å²) >= 11 is 6.30. The summed E-state index contributed by atoms with van der Waals surface area (Å²) in [6, 6.07) is 14.8. The average Bonchev–Trinajstić information content (AvgIpc) is 3.01. The molecular formula is C21H18ClF2N3O4. The Bertz CT molecular complexity index is 1060. The molecule has 0 saturated heterocycles. The third kappa shape index (κ3) is 6.02. The molecule has 1 aromatic heterocycles. The fourth-order valence-corrected chi connectivity index (χ4v) is 3.08. The molecule has 0 bridgehead atoms. The van der Waals surface area contributed by atoms with Crippen LogP contribution in [0.15, 0.2) is 54.6 Å². The highest BCUT2D eigenvalue weighted by Gasteiger charge is 2.22. The van der Waals surface area contributed by atoms with Crippen LogP contribution in [0.1, 0.15) is 21.6 Å². The maximum Gasteiger partial charge on any atom is 0.387 e. The van der Waals surface area contributed by atoms with Crippen molar-refractivity contribution in [1.82, 2.24) is 9.78 Å². The van der Waals surface area contributed by atoms with Crippen LogP contribution in [-0.4, -0.2) is 34.9 Å². The molecule has 31 heavy (non-hydrogen) atoms. The molecule has 3 rings (SSSR count). The predicted octanol–water partition coefficient (Wildman–Crippen LogP) is 4.29. The van der Waals surface area contributed by atoms with Crippen LogP contribution in [0.2, 0.25) is 5.15 Å². The Kier molecular flexibility index (Phi) is 7.19. The van der Waals surface area contributed by atoms with Gasteiger partial charge in [-0.25, -0.2) is 9.48 Å². The Morgan fingerprint density at radius 1 is 1.13 bits per heavy atom. The second kappa shape index (κ2) is 10.0. The number of carbonyl (C=O) groups is 2. The number of hydrogen-bond donors (Lipinski definition) is 1. The first kappa shape index (κ1) is 22.2. The summed E-state index contributed by atoms with van der Waals surface area (Å²) < 4.78 is 35.1. The van der Waals surface area contributed by atoms with Gasteiger partial charge in [0.2, 0.25) is 0 Å². The Morgan fingerprint density at radius 2 is 1.81 bits per heavy atom. The standard InChI is InChI=1S/C21H18ClF2N3O4/c1-13-18(19(22)27(26-13)11-14-5-3-2-4-6-14)20(29)30-12-17(28)25-15-7-9-16(10-8-15)31-21(23)24/h2-10,21H,11-12H2,1H3,(H,25,28). The lowest BCUT2D eigenvalue weighted by Gasteiger charge is -2.08. The summed E-state index contributed by atoms with van der Waals surface area (Å²) in [7, 11) is 0. The van der Waals surface area contributed by atoms with Crippen molar-refractivity contribution in [3.8, 4) is 5.75 Å². The first-order chi connectivity index (χ1) is 14.8. The van der Waals surface area contributed by atoms with Crippen LogP contribution in [0.3, 0.4) is 0 Å². The molecule has 0 radical (unpaired) electrons. The van der Waals surface area contributed by atoms with Crippen LogP contribution in [0.4, 0.5) is 14.5 Å². The highest BCUT2D eigenvalue weighted by Crippen LogP contribution is 2.22. The van der Waals surface area contributed by atoms with E-state index in [1.54, 1.807) is 6.92 Å². The molecule has 1 N–H and O–H groups in total. The van der Waals surface area contributed by atoms with Gasteiger partial charge < -0.3 is 14.8 Å². The second-order valence-corrected chi connectivity index (χ2v) is 6.78. The van der Waals surface area contributed by atoms with Gasteiger partial charge in [0.25, 0.3) is 5.91 Å². The molecule has 162 valence electrons. The molecule has 2 aromatic carbocycles. The van der Waals surface area contributed by atoms with Crippen LogP contribution in [0.25, 0.3) is 0 Å². The number of esters is 1. The summed E-state index contributed by atoms with van der Waals surface area (Å²) in [6.45, 7) is -1.51. The van der Waals surface area contributed by atoms with Crippen LogP contribution in [0.5, 0.6) is 5.75 Å². The monoisotopic (exact) mass is 449 g/mol. The van der Waals surface area contributed by atoms with Gasteiger partial charge in [0.1, 0.15) is 16.5 Å². The third-order valence-electron chi connectivity index (χ3n) is 4.14. The van der Waals surface area contributed by atoms with Gasteiger partial charge in [-0.2, -0.15) is 13.9 Å². The maximum atomic E-state index is 12.4. The molecule has 0 saturated carbocycles. The van der Waals surface area contributed by atoms with E-state index < -0.39 is 25.1 Å². The van der Waals surface area contributed by atoms with Gasteiger partial charge in [-0.1, -0.05) is 41.9 Å². The Balaban J connectivity index is 1.57. The van der Waals surface area contributed by atoms with Gasteiger partial charge in [-0.05, 0) is 36.8 Å². The number of nitrogens with one attached hydrogen (secondary N) is 1. The van der Waals surface area contributed by atoms with Crippen LogP contribution in [-0.2, 0) is 16.1 Å². The van der Waals surface area contributed by atoms with Crippen molar-refractivity contribution >= 4 is 29.2 Å². The first-order valence-corrected chi connectivity index (χ1v) is 9.50. The minimum atomic E-state index is -2.94. The molecule has 0 aliphatic rings. The van der Waals surface area contributed by atoms with E-state index in [-0.39, 0.29) is 16.5 Å². The predicted molar refractivity (Wildman–Crippen MR) is 110 cm³/mol. The molecule has 7 nitrogen and oxygen atoms in total. The number of carbonyl (C=O) groups excluding carboxylic acids is 2. The van der Waals surface area contributed by atoms with Crippen molar-refractivity contribution in [3.63, 3.8) is 0 Å². The zero-order valence-electron chi connectivity index (χ0n) is 16.3. The molecular weight excluding hydrogens is 432 g/mol. The smallest absolute Gasteiger partial charge is 0.387 e. The molecule has 0 fully saturated rings. The Hall–Kier alpha value is -3.46. The van der Waals surface area contributed by atoms with Crippen LogP contribution < -0.4 is 10.1 Å². The number of ether oxygens (including phenoxy) is 2. The van der Waals surface area contributed by atoms with Crippen molar-refractivity contribution in [2.75, 3.05) is 11.9 Å². The highest BCUT2D eigenvalue weighted by atomic mass is 35.5. The Morgan fingerprint density at radius 3 is 2.45 bits per heavy atom. The number of aryl methyl sites for hydroxylation is 1. The van der Waals surface area contributed by atoms with Gasteiger partial charge in [0, 0.05) is 5.69 Å². The normalized spacial score (nSPS) is 10.7. The summed E-state index contributed by atoms with van der Waals surface area (Å²) in [5.74, 6) is -1.43. The highest BCUT2D eigenvalue weighted by molar-refractivity contribution is 6.32. The van der Waals surface area contributed by atoms with Gasteiger partial charge in [0.15, 0.2) is 6.61 Å². The Labute approximate surface area is 181 Å². The number of anilines is 1. The molecule has 0 aliphatic heterocycles. The maximum absolute atomic E-state index is 12.4. The number of alkyl halides is 2. The molecule has 0 spiro atoms. The lowest BCUT2D eigenvalue weighted by Crippen LogP contribution is -2.21. The van der Waals surface area contributed by atoms with Crippen LogP contribution >= 0.6 is 11.6 Å². The second-order valence-electron chi connectivity index (χ2n) is 6.42. The number of halogens is 3. The van der Waals surface area contributed by atoms with Crippen molar-refractivity contribution in [3.05, 3.63) is 76.6 Å². The fourth-order valence-electron chi connectivity index (χ4n) is 2.77. The van der Waals surface area contributed by atoms with Crippen LogP contribution in [0, 0.1) is 6.92 Å². The molecule has 0 aliphatic carbocycles. The van der Waals surface area contributed by atoms with E-state index in [2.05, 4.69) is 15.2 Å². The van der Waals surface area contributed by atoms with E-state index >= 15 is 0 Å². The number of benzene rings is 2. The lowest BCUT2D eigenvalue weighted by molar-refractivity contribution is -0.119. The molecule has 1 amide bonds. The van der Waals surface area contributed by atoms with E-state index in [0.29, 0.717) is 17.9 Å². The van der Waals surface area contributed by atoms with Crippen molar-refractivity contribution in [1.29, 1.82) is 0 Å². The minimum absolute atomic E-state index is 0.0444. The molecule has 3 aromatic rings. The average molecular weight is 450 g/mol. The van der Waals surface area contributed by atoms with E-state index in [4.69, 9.17) is 16.3 Å². The summed E-state index contributed by atoms with van der Waals surface area (Å²) in [5, 5.41) is 6.86. The van der Waals surface area contributed by atoms with E-state index in [0.717, 1.165) is 5.56 Å². The van der Waals surface area contributed by atoms with Gasteiger partial charge >= 0.3 is 12.6 Å². The van der Waals surface area contributed by atoms with Gasteiger partial charge in [-0.15, -0.1) is 0 Å². The SMILES string of the molecule is Cc1nn(Cc2ccccc2)c(Cl)c1C(=O)OCC(=O)Nc1ccc(OC(F)F)cc1. The molecule has 1 heterocycles. The lowest BCUT2D eigenvalue weighted by atomic mass is 10.2. The number of hydrogen-bond acceptors (Lipinski definition) is 5. The zero-order valence-corrected chi connectivity index (χ0v) is 17.1. The van der Waals surface area contributed by atoms with Gasteiger partial charge in [0.05, 0.1) is 12.2 Å². The van der Waals surface area contributed by atoms with Crippen molar-refractivity contribution in [2.24, 2.45) is 0 Å². The third-order valence-corrected chi connectivity index (χ3v) is 4.53. The van der Waals surface area contributed by atoms with Gasteiger partial charge in [-0.3, -0.25) is 4.79 Å². The number of amides is 1. The topological polar surface area (TPSA) is 82.5 Å². The summed E-state index contributed by atoms with van der Waals surface area (Å²) in [5.41, 5.74) is 1.74. The molecule has 0 atom stereocenters. The van der Waals surface area contributed by atoms with Crippen molar-refractivity contribution < 1.29 is 27.8 Å². The fraction of sp³-hybridized carbons (Fsp3) is 0.190. The number of rotatable bonds is 8. The van der Waals surface area contributed by atoms with Crippen molar-refractivity contribution in [2.45, 2.75) is 20.1 Å². The summed E-state index contributed by atoms with van der Waals surface area (Å²) in [6.07, 6.45) is 0. The molecule has 0 unspecified atom stereocenters. The quantitative estimate of drug-likeness (QED) is 0.519. The molecule has 10 heteroatoms. The zero-order chi connectivity index (χ0) is 22.4. The first-order valence-electron chi connectivity index (χ1n) is 9.12. The number of aromatic nitrogens is 2. The summed E-state index contributed by atoms with van der Waals surface area (Å²) in [4.78, 5) is 24.5.